The van der Waals surface area contributed by atoms with Gasteiger partial charge < -0.3 is 14.8 Å². The molecule has 0 radical (unpaired) electrons. The third-order valence-corrected chi connectivity index (χ3v) is 4.72. The highest BCUT2D eigenvalue weighted by molar-refractivity contribution is 7.98. The number of thioether (sulfide) groups is 1. The zero-order valence-corrected chi connectivity index (χ0v) is 13.8. The molecule has 1 aliphatic carbocycles. The minimum atomic E-state index is -0.0133. The first kappa shape index (κ1) is 15.0. The van der Waals surface area contributed by atoms with Gasteiger partial charge in [-0.25, -0.2) is 4.79 Å². The highest BCUT2D eigenvalue weighted by Crippen LogP contribution is 2.29. The average Bonchev–Trinajstić information content (AvgIpc) is 3.28. The number of benzene rings is 1. The van der Waals surface area contributed by atoms with Crippen LogP contribution in [-0.2, 0) is 13.6 Å². The Morgan fingerprint density at radius 1 is 1.32 bits per heavy atom. The normalized spacial score (nSPS) is 13.9. The van der Waals surface area contributed by atoms with Gasteiger partial charge in [-0.1, -0.05) is 0 Å². The lowest BCUT2D eigenvalue weighted by atomic mass is 10.3. The van der Waals surface area contributed by atoms with Crippen molar-refractivity contribution in [1.29, 1.82) is 0 Å². The lowest BCUT2D eigenvalue weighted by Crippen LogP contribution is -2.36. The van der Waals surface area contributed by atoms with Crippen LogP contribution in [0, 0.1) is 0 Å². The van der Waals surface area contributed by atoms with Crippen LogP contribution >= 0.6 is 11.8 Å². The van der Waals surface area contributed by atoms with Crippen LogP contribution in [-0.4, -0.2) is 27.8 Å². The fourth-order valence-electron chi connectivity index (χ4n) is 2.46. The minimum Gasteiger partial charge on any atom is -0.353 e. The summed E-state index contributed by atoms with van der Waals surface area (Å²) < 4.78 is 2.07. The summed E-state index contributed by atoms with van der Waals surface area (Å²) in [4.78, 5) is 15.7. The molecule has 0 saturated heterocycles. The van der Waals surface area contributed by atoms with Crippen molar-refractivity contribution in [2.24, 2.45) is 7.05 Å². The van der Waals surface area contributed by atoms with Gasteiger partial charge in [-0.3, -0.25) is 0 Å². The van der Waals surface area contributed by atoms with E-state index in [1.165, 1.54) is 4.90 Å². The third kappa shape index (κ3) is 3.47. The predicted molar refractivity (Wildman–Crippen MR) is 91.2 cm³/mol. The van der Waals surface area contributed by atoms with Crippen LogP contribution < -0.4 is 5.32 Å². The molecule has 2 amide bonds. The van der Waals surface area contributed by atoms with Crippen LogP contribution in [0.1, 0.15) is 18.5 Å². The maximum atomic E-state index is 12.6. The molecule has 1 heterocycles. The van der Waals surface area contributed by atoms with Gasteiger partial charge in [0.15, 0.2) is 0 Å². The number of anilines is 1. The molecule has 1 aromatic carbocycles. The Balaban J connectivity index is 1.68. The summed E-state index contributed by atoms with van der Waals surface area (Å²) in [5, 5.41) is 3.02. The number of hydrogen-bond acceptors (Lipinski definition) is 2. The van der Waals surface area contributed by atoms with E-state index in [0.717, 1.165) is 24.2 Å². The van der Waals surface area contributed by atoms with Crippen LogP contribution in [0.3, 0.4) is 0 Å². The standard InChI is InChI=1S/C17H21N3OS/c1-19-11-3-4-15(19)12-20(14-7-8-14)17(21)18-13-5-9-16(22-2)10-6-13/h3-6,9-11,14H,7-8,12H2,1-2H3,(H,18,21). The zero-order valence-electron chi connectivity index (χ0n) is 13.0. The van der Waals surface area contributed by atoms with Crippen molar-refractivity contribution in [2.45, 2.75) is 30.3 Å². The first-order valence-corrected chi connectivity index (χ1v) is 8.72. The number of carbonyl (C=O) groups is 1. The molecular weight excluding hydrogens is 294 g/mol. The van der Waals surface area contributed by atoms with Gasteiger partial charge in [0.2, 0.25) is 0 Å². The Bertz CT molecular complexity index is 646. The van der Waals surface area contributed by atoms with Crippen molar-refractivity contribution < 1.29 is 4.79 Å². The second kappa shape index (κ2) is 6.48. The molecule has 0 unspecified atom stereocenters. The van der Waals surface area contributed by atoms with Gasteiger partial charge in [-0.15, -0.1) is 11.8 Å². The summed E-state index contributed by atoms with van der Waals surface area (Å²) in [5.41, 5.74) is 2.00. The Morgan fingerprint density at radius 2 is 2.05 bits per heavy atom. The Hall–Kier alpha value is -1.88. The molecule has 116 valence electrons. The summed E-state index contributed by atoms with van der Waals surface area (Å²) >= 11 is 1.70. The fourth-order valence-corrected chi connectivity index (χ4v) is 2.87. The van der Waals surface area contributed by atoms with Crippen molar-refractivity contribution in [3.05, 3.63) is 48.3 Å². The maximum Gasteiger partial charge on any atom is 0.322 e. The van der Waals surface area contributed by atoms with Crippen LogP contribution in [0.15, 0.2) is 47.5 Å². The van der Waals surface area contributed by atoms with E-state index in [1.54, 1.807) is 11.8 Å². The van der Waals surface area contributed by atoms with Crippen molar-refractivity contribution in [3.63, 3.8) is 0 Å². The summed E-state index contributed by atoms with van der Waals surface area (Å²) in [5.74, 6) is 0. The largest absolute Gasteiger partial charge is 0.353 e. The summed E-state index contributed by atoms with van der Waals surface area (Å²) in [6.45, 7) is 0.656. The van der Waals surface area contributed by atoms with E-state index in [-0.39, 0.29) is 6.03 Å². The van der Waals surface area contributed by atoms with Crippen molar-refractivity contribution >= 4 is 23.5 Å². The van der Waals surface area contributed by atoms with Gasteiger partial charge in [0.25, 0.3) is 0 Å². The number of urea groups is 1. The van der Waals surface area contributed by atoms with Gasteiger partial charge in [-0.05, 0) is 55.5 Å². The van der Waals surface area contributed by atoms with E-state index in [9.17, 15) is 4.79 Å². The molecule has 1 aliphatic rings. The summed E-state index contributed by atoms with van der Waals surface area (Å²) in [6, 6.07) is 12.4. The molecule has 5 heteroatoms. The lowest BCUT2D eigenvalue weighted by Gasteiger charge is -2.23. The first-order chi connectivity index (χ1) is 10.7. The molecule has 0 aliphatic heterocycles. The first-order valence-electron chi connectivity index (χ1n) is 7.49. The van der Waals surface area contributed by atoms with E-state index in [1.807, 2.05) is 54.7 Å². The monoisotopic (exact) mass is 315 g/mol. The number of hydrogen-bond donors (Lipinski definition) is 1. The second-order valence-electron chi connectivity index (χ2n) is 5.63. The summed E-state index contributed by atoms with van der Waals surface area (Å²) in [6.07, 6.45) is 6.26. The Labute approximate surface area is 135 Å². The van der Waals surface area contributed by atoms with E-state index in [4.69, 9.17) is 0 Å². The predicted octanol–water partition coefficient (Wildman–Crippen LogP) is 3.94. The van der Waals surface area contributed by atoms with Gasteiger partial charge in [-0.2, -0.15) is 0 Å². The Kier molecular flexibility index (Phi) is 4.43. The number of rotatable bonds is 5. The molecule has 1 aromatic heterocycles. The molecule has 3 rings (SSSR count). The van der Waals surface area contributed by atoms with Gasteiger partial charge in [0, 0.05) is 35.6 Å². The number of aryl methyl sites for hydroxylation is 1. The zero-order chi connectivity index (χ0) is 15.5. The number of nitrogens with zero attached hydrogens (tertiary/aromatic N) is 2. The number of nitrogens with one attached hydrogen (secondary N) is 1. The van der Waals surface area contributed by atoms with Crippen LogP contribution in [0.25, 0.3) is 0 Å². The van der Waals surface area contributed by atoms with Gasteiger partial charge in [0.05, 0.1) is 6.54 Å². The van der Waals surface area contributed by atoms with Crippen molar-refractivity contribution in [2.75, 3.05) is 11.6 Å². The number of amides is 2. The van der Waals surface area contributed by atoms with E-state index < -0.39 is 0 Å². The van der Waals surface area contributed by atoms with E-state index in [0.29, 0.717) is 12.6 Å². The fraction of sp³-hybridized carbons (Fsp3) is 0.353. The maximum absolute atomic E-state index is 12.6. The molecule has 2 aromatic rings. The van der Waals surface area contributed by atoms with Crippen molar-refractivity contribution in [1.82, 2.24) is 9.47 Å². The highest BCUT2D eigenvalue weighted by atomic mass is 32.2. The number of carbonyl (C=O) groups excluding carboxylic acids is 1. The van der Waals surface area contributed by atoms with E-state index >= 15 is 0 Å². The quantitative estimate of drug-likeness (QED) is 0.849. The number of aromatic nitrogens is 1. The SMILES string of the molecule is CSc1ccc(NC(=O)N(Cc2cccn2C)C2CC2)cc1. The molecule has 0 bridgehead atoms. The topological polar surface area (TPSA) is 37.3 Å². The summed E-state index contributed by atoms with van der Waals surface area (Å²) in [7, 11) is 2.01. The molecule has 4 nitrogen and oxygen atoms in total. The van der Waals surface area contributed by atoms with Crippen LogP contribution in [0.5, 0.6) is 0 Å². The van der Waals surface area contributed by atoms with Gasteiger partial charge >= 0.3 is 6.03 Å². The third-order valence-electron chi connectivity index (χ3n) is 3.97. The molecular formula is C17H21N3OS. The molecule has 0 atom stereocenters. The molecule has 0 spiro atoms. The van der Waals surface area contributed by atoms with E-state index in [2.05, 4.69) is 16.0 Å². The minimum absolute atomic E-state index is 0.0133. The van der Waals surface area contributed by atoms with Crippen molar-refractivity contribution in [3.8, 4) is 0 Å². The molecule has 1 saturated carbocycles. The highest BCUT2D eigenvalue weighted by Gasteiger charge is 2.33. The second-order valence-corrected chi connectivity index (χ2v) is 6.51. The van der Waals surface area contributed by atoms with Crippen LogP contribution in [0.4, 0.5) is 10.5 Å². The van der Waals surface area contributed by atoms with Crippen LogP contribution in [0.2, 0.25) is 0 Å². The Morgan fingerprint density at radius 3 is 2.59 bits per heavy atom. The molecule has 1 N–H and O–H groups in total. The smallest absolute Gasteiger partial charge is 0.322 e. The lowest BCUT2D eigenvalue weighted by molar-refractivity contribution is 0.205. The molecule has 22 heavy (non-hydrogen) atoms. The average molecular weight is 315 g/mol. The molecule has 1 fully saturated rings. The van der Waals surface area contributed by atoms with Gasteiger partial charge in [0.1, 0.15) is 0 Å².